The van der Waals surface area contributed by atoms with Crippen molar-refractivity contribution in [3.8, 4) is 16.9 Å². The Bertz CT molecular complexity index is 943. The largest absolute Gasteiger partial charge is 0.412 e. The highest BCUT2D eigenvalue weighted by atomic mass is 79.9. The van der Waals surface area contributed by atoms with Crippen LogP contribution in [0.2, 0.25) is 5.02 Å². The second-order valence-electron chi connectivity index (χ2n) is 6.18. The Morgan fingerprint density at radius 1 is 1.00 bits per heavy atom. The van der Waals surface area contributed by atoms with Gasteiger partial charge in [0.25, 0.3) is 0 Å². The van der Waals surface area contributed by atoms with Crippen molar-refractivity contribution in [2.24, 2.45) is 0 Å². The predicted molar refractivity (Wildman–Crippen MR) is 115 cm³/mol. The van der Waals surface area contributed by atoms with Crippen molar-refractivity contribution in [3.05, 3.63) is 87.4 Å². The molecule has 0 aliphatic rings. The monoisotopic (exact) mass is 459 g/mol. The van der Waals surface area contributed by atoms with E-state index < -0.39 is 6.09 Å². The molecule has 0 unspecified atom stereocenters. The summed E-state index contributed by atoms with van der Waals surface area (Å²) in [5.74, 6) is 0.476. The van der Waals surface area contributed by atoms with Gasteiger partial charge in [-0.1, -0.05) is 63.9 Å². The molecule has 3 rings (SSSR count). The molecule has 3 aromatic rings. The lowest BCUT2D eigenvalue weighted by Gasteiger charge is -2.09. The molecule has 2 N–H and O–H groups in total. The summed E-state index contributed by atoms with van der Waals surface area (Å²) < 4.78 is 6.22. The molecule has 0 bridgehead atoms. The third-order valence-corrected chi connectivity index (χ3v) is 5.20. The van der Waals surface area contributed by atoms with Crippen molar-refractivity contribution in [1.29, 1.82) is 0 Å². The maximum atomic E-state index is 12.0. The lowest BCUT2D eigenvalue weighted by molar-refractivity contribution is 0.200. The number of hydrogen-bond donors (Lipinski definition) is 2. The van der Waals surface area contributed by atoms with E-state index in [1.165, 1.54) is 0 Å². The Kier molecular flexibility index (Phi) is 7.09. The van der Waals surface area contributed by atoms with Gasteiger partial charge in [-0.2, -0.15) is 0 Å². The van der Waals surface area contributed by atoms with Crippen LogP contribution >= 0.6 is 27.5 Å². The minimum Gasteiger partial charge on any atom is -0.410 e. The van der Waals surface area contributed by atoms with Gasteiger partial charge in [-0.15, -0.1) is 0 Å². The van der Waals surface area contributed by atoms with E-state index in [0.29, 0.717) is 23.7 Å². The summed E-state index contributed by atoms with van der Waals surface area (Å²) in [6.45, 7) is 0.443. The van der Waals surface area contributed by atoms with Gasteiger partial charge >= 0.3 is 6.09 Å². The highest BCUT2D eigenvalue weighted by molar-refractivity contribution is 9.10. The van der Waals surface area contributed by atoms with Gasteiger partial charge in [0.1, 0.15) is 5.75 Å². The average molecular weight is 461 g/mol. The number of hydrogen-bond acceptors (Lipinski definition) is 3. The summed E-state index contributed by atoms with van der Waals surface area (Å²) in [5.41, 5.74) is 3.94. The van der Waals surface area contributed by atoms with Gasteiger partial charge in [0.2, 0.25) is 0 Å². The molecule has 6 heteroatoms. The van der Waals surface area contributed by atoms with E-state index in [1.54, 1.807) is 12.1 Å². The molecule has 0 saturated carbocycles. The number of benzene rings is 3. The van der Waals surface area contributed by atoms with E-state index in [-0.39, 0.29) is 6.61 Å². The van der Waals surface area contributed by atoms with Crippen molar-refractivity contribution in [2.45, 2.75) is 13.0 Å². The molecule has 1 amide bonds. The fourth-order valence-electron chi connectivity index (χ4n) is 2.69. The second kappa shape index (κ2) is 9.73. The number of aliphatic hydroxyl groups is 1. The third kappa shape index (κ3) is 5.58. The summed E-state index contributed by atoms with van der Waals surface area (Å²) in [5, 5.41) is 12.6. The lowest BCUT2D eigenvalue weighted by atomic mass is 10.1. The molecular formula is C22H19BrClNO3. The number of aliphatic hydroxyl groups excluding tert-OH is 1. The Labute approximate surface area is 177 Å². The zero-order valence-electron chi connectivity index (χ0n) is 15.0. The van der Waals surface area contributed by atoms with E-state index >= 15 is 0 Å². The van der Waals surface area contributed by atoms with Crippen molar-refractivity contribution in [3.63, 3.8) is 0 Å². The molecular weight excluding hydrogens is 442 g/mol. The van der Waals surface area contributed by atoms with Crippen LogP contribution in [-0.2, 0) is 13.0 Å². The molecule has 0 radical (unpaired) electrons. The predicted octanol–water partition coefficient (Wildman–Crippen LogP) is 5.59. The van der Waals surface area contributed by atoms with Crippen LogP contribution in [-0.4, -0.2) is 17.7 Å². The smallest absolute Gasteiger partial charge is 0.410 e. The molecule has 0 atom stereocenters. The Hall–Kier alpha value is -2.34. The number of rotatable bonds is 6. The number of carbonyl (C=O) groups is 1. The van der Waals surface area contributed by atoms with Gasteiger partial charge in [-0.05, 0) is 59.0 Å². The van der Waals surface area contributed by atoms with Gasteiger partial charge in [0, 0.05) is 16.0 Å². The standard InChI is InChI=1S/C22H19BrClNO3/c23-21-13-15(14-26)1-2-18(21)11-12-25-22(27)28-20-9-5-17(6-10-20)16-3-7-19(24)8-4-16/h1-10,13,26H,11-12,14H2,(H,25,27). The molecule has 3 aromatic carbocycles. The van der Waals surface area contributed by atoms with Crippen molar-refractivity contribution >= 4 is 33.6 Å². The minimum atomic E-state index is -0.498. The summed E-state index contributed by atoms with van der Waals surface area (Å²) in [7, 11) is 0. The number of halogens is 2. The third-order valence-electron chi connectivity index (χ3n) is 4.21. The number of amides is 1. The van der Waals surface area contributed by atoms with Gasteiger partial charge in [0.15, 0.2) is 0 Å². The molecule has 0 aliphatic carbocycles. The first-order valence-corrected chi connectivity index (χ1v) is 9.92. The molecule has 0 saturated heterocycles. The molecule has 4 nitrogen and oxygen atoms in total. The summed E-state index contributed by atoms with van der Waals surface area (Å²) >= 11 is 9.38. The van der Waals surface area contributed by atoms with E-state index in [9.17, 15) is 4.79 Å². The first-order chi connectivity index (χ1) is 13.5. The number of carbonyl (C=O) groups excluding carboxylic acids is 1. The lowest BCUT2D eigenvalue weighted by Crippen LogP contribution is -2.28. The summed E-state index contributed by atoms with van der Waals surface area (Å²) in [4.78, 5) is 12.0. The fourth-order valence-corrected chi connectivity index (χ4v) is 3.44. The second-order valence-corrected chi connectivity index (χ2v) is 7.47. The van der Waals surface area contributed by atoms with Crippen molar-refractivity contribution in [1.82, 2.24) is 5.32 Å². The van der Waals surface area contributed by atoms with Crippen LogP contribution in [0.25, 0.3) is 11.1 Å². The van der Waals surface area contributed by atoms with Gasteiger partial charge in [-0.25, -0.2) is 4.79 Å². The quantitative estimate of drug-likeness (QED) is 0.504. The average Bonchev–Trinajstić information content (AvgIpc) is 2.70. The molecule has 144 valence electrons. The van der Waals surface area contributed by atoms with E-state index in [4.69, 9.17) is 21.4 Å². The van der Waals surface area contributed by atoms with Gasteiger partial charge in [0.05, 0.1) is 6.61 Å². The molecule has 0 fully saturated rings. The molecule has 28 heavy (non-hydrogen) atoms. The topological polar surface area (TPSA) is 58.6 Å². The van der Waals surface area contributed by atoms with Crippen LogP contribution in [0.15, 0.2) is 71.2 Å². The SMILES string of the molecule is O=C(NCCc1ccc(CO)cc1Br)Oc1ccc(-c2ccc(Cl)cc2)cc1. The zero-order chi connectivity index (χ0) is 19.9. The highest BCUT2D eigenvalue weighted by Crippen LogP contribution is 2.24. The van der Waals surface area contributed by atoms with Crippen molar-refractivity contribution < 1.29 is 14.6 Å². The van der Waals surface area contributed by atoms with Gasteiger partial charge in [-0.3, -0.25) is 0 Å². The Morgan fingerprint density at radius 3 is 2.25 bits per heavy atom. The molecule has 0 aromatic heterocycles. The summed E-state index contributed by atoms with van der Waals surface area (Å²) in [6, 6.07) is 20.5. The highest BCUT2D eigenvalue weighted by Gasteiger charge is 2.06. The van der Waals surface area contributed by atoms with E-state index in [1.807, 2.05) is 54.6 Å². The van der Waals surface area contributed by atoms with Gasteiger partial charge < -0.3 is 15.2 Å². The minimum absolute atomic E-state index is 0.000262. The maximum absolute atomic E-state index is 12.0. The number of ether oxygens (including phenoxy) is 1. The van der Waals surface area contributed by atoms with Crippen LogP contribution in [0, 0.1) is 0 Å². The zero-order valence-corrected chi connectivity index (χ0v) is 17.3. The van der Waals surface area contributed by atoms with Crippen LogP contribution in [0.4, 0.5) is 4.79 Å². The van der Waals surface area contributed by atoms with Crippen LogP contribution in [0.3, 0.4) is 0 Å². The van der Waals surface area contributed by atoms with E-state index in [0.717, 1.165) is 26.7 Å². The first-order valence-electron chi connectivity index (χ1n) is 8.75. The first kappa shape index (κ1) is 20.4. The summed E-state index contributed by atoms with van der Waals surface area (Å²) in [6.07, 6.45) is 0.152. The normalized spacial score (nSPS) is 10.5. The van der Waals surface area contributed by atoms with Crippen LogP contribution in [0.5, 0.6) is 5.75 Å². The molecule has 0 aliphatic heterocycles. The van der Waals surface area contributed by atoms with E-state index in [2.05, 4.69) is 21.2 Å². The van der Waals surface area contributed by atoms with Crippen molar-refractivity contribution in [2.75, 3.05) is 6.54 Å². The maximum Gasteiger partial charge on any atom is 0.412 e. The fraction of sp³-hybridized carbons (Fsp3) is 0.136. The Morgan fingerprint density at radius 2 is 1.64 bits per heavy atom. The molecule has 0 heterocycles. The van der Waals surface area contributed by atoms with Crippen LogP contribution < -0.4 is 10.1 Å². The molecule has 0 spiro atoms. The van der Waals surface area contributed by atoms with Crippen LogP contribution in [0.1, 0.15) is 11.1 Å². The number of nitrogens with one attached hydrogen (secondary N) is 1. The Balaban J connectivity index is 1.50.